The van der Waals surface area contributed by atoms with E-state index in [-0.39, 0.29) is 19.2 Å². The summed E-state index contributed by atoms with van der Waals surface area (Å²) in [6.07, 6.45) is 0.552. The van der Waals surface area contributed by atoms with Gasteiger partial charge in [0.25, 0.3) is 0 Å². The Morgan fingerprint density at radius 1 is 1.42 bits per heavy atom. The molecule has 5 heteroatoms. The summed E-state index contributed by atoms with van der Waals surface area (Å²) in [7, 11) is 0. The van der Waals surface area contributed by atoms with Crippen LogP contribution in [0.2, 0.25) is 0 Å². The molecule has 3 N–H and O–H groups in total. The van der Waals surface area contributed by atoms with Crippen LogP contribution in [0, 0.1) is 13.8 Å². The molecule has 1 fully saturated rings. The molecule has 5 nitrogen and oxygen atoms in total. The number of ether oxygens (including phenoxy) is 1. The Kier molecular flexibility index (Phi) is 4.07. The highest BCUT2D eigenvalue weighted by atomic mass is 16.5. The SMILES string of the molecule is Cc1ccc(NC(=O)NC[C@]2(O)CCOC2)cc1C. The Hall–Kier alpha value is -1.59. The molecule has 0 saturated carbocycles. The largest absolute Gasteiger partial charge is 0.386 e. The van der Waals surface area contributed by atoms with Crippen molar-refractivity contribution in [2.75, 3.05) is 25.1 Å². The van der Waals surface area contributed by atoms with Crippen molar-refractivity contribution in [3.05, 3.63) is 29.3 Å². The number of aryl methyl sites for hydroxylation is 2. The highest BCUT2D eigenvalue weighted by Gasteiger charge is 2.32. The molecule has 1 aliphatic heterocycles. The summed E-state index contributed by atoms with van der Waals surface area (Å²) in [4.78, 5) is 11.7. The van der Waals surface area contributed by atoms with Crippen molar-refractivity contribution in [3.63, 3.8) is 0 Å². The van der Waals surface area contributed by atoms with Gasteiger partial charge in [0.15, 0.2) is 0 Å². The standard InChI is InChI=1S/C14H20N2O3/c1-10-3-4-12(7-11(10)2)16-13(17)15-8-14(18)5-6-19-9-14/h3-4,7,18H,5-6,8-9H2,1-2H3,(H2,15,16,17)/t14-/m1/s1. The van der Waals surface area contributed by atoms with Crippen LogP contribution >= 0.6 is 0 Å². The molecule has 1 heterocycles. The van der Waals surface area contributed by atoms with Gasteiger partial charge in [0.05, 0.1) is 13.2 Å². The first-order valence-corrected chi connectivity index (χ1v) is 6.41. The molecule has 2 rings (SSSR count). The molecule has 1 aliphatic rings. The lowest BCUT2D eigenvalue weighted by Gasteiger charge is -2.20. The van der Waals surface area contributed by atoms with E-state index >= 15 is 0 Å². The van der Waals surface area contributed by atoms with Crippen LogP contribution in [0.15, 0.2) is 18.2 Å². The Balaban J connectivity index is 1.85. The van der Waals surface area contributed by atoms with Gasteiger partial charge in [0.1, 0.15) is 5.60 Å². The van der Waals surface area contributed by atoms with E-state index in [2.05, 4.69) is 10.6 Å². The van der Waals surface area contributed by atoms with Gasteiger partial charge >= 0.3 is 6.03 Å². The smallest absolute Gasteiger partial charge is 0.319 e. The summed E-state index contributed by atoms with van der Waals surface area (Å²) in [6, 6.07) is 5.42. The zero-order valence-electron chi connectivity index (χ0n) is 11.3. The van der Waals surface area contributed by atoms with Crippen molar-refractivity contribution in [2.45, 2.75) is 25.9 Å². The topological polar surface area (TPSA) is 70.6 Å². The first kappa shape index (κ1) is 13.8. The molecule has 0 aliphatic carbocycles. The van der Waals surface area contributed by atoms with Gasteiger partial charge in [-0.15, -0.1) is 0 Å². The first-order chi connectivity index (χ1) is 8.98. The third kappa shape index (κ3) is 3.68. The quantitative estimate of drug-likeness (QED) is 0.776. The minimum absolute atomic E-state index is 0.198. The summed E-state index contributed by atoms with van der Waals surface area (Å²) in [5, 5.41) is 15.4. The molecule has 0 bridgehead atoms. The predicted octanol–water partition coefficient (Wildman–Crippen LogP) is 1.58. The van der Waals surface area contributed by atoms with Gasteiger partial charge in [0.2, 0.25) is 0 Å². The molecular formula is C14H20N2O3. The first-order valence-electron chi connectivity index (χ1n) is 6.41. The van der Waals surface area contributed by atoms with Crippen LogP contribution in [-0.2, 0) is 4.74 Å². The lowest BCUT2D eigenvalue weighted by Crippen LogP contribution is -2.44. The minimum Gasteiger partial charge on any atom is -0.386 e. The van der Waals surface area contributed by atoms with Gasteiger partial charge in [0, 0.05) is 18.7 Å². The zero-order valence-corrected chi connectivity index (χ0v) is 11.3. The van der Waals surface area contributed by atoms with Crippen molar-refractivity contribution in [1.29, 1.82) is 0 Å². The van der Waals surface area contributed by atoms with E-state index in [1.807, 2.05) is 32.0 Å². The van der Waals surface area contributed by atoms with Crippen molar-refractivity contribution in [3.8, 4) is 0 Å². The molecule has 0 spiro atoms. The number of hydrogen-bond acceptors (Lipinski definition) is 3. The molecule has 1 saturated heterocycles. The highest BCUT2D eigenvalue weighted by Crippen LogP contribution is 2.17. The van der Waals surface area contributed by atoms with E-state index in [9.17, 15) is 9.90 Å². The summed E-state index contributed by atoms with van der Waals surface area (Å²) >= 11 is 0. The maximum atomic E-state index is 11.7. The van der Waals surface area contributed by atoms with Crippen LogP contribution in [0.3, 0.4) is 0 Å². The third-order valence-electron chi connectivity index (χ3n) is 3.43. The second kappa shape index (κ2) is 5.59. The molecular weight excluding hydrogens is 244 g/mol. The third-order valence-corrected chi connectivity index (χ3v) is 3.43. The highest BCUT2D eigenvalue weighted by molar-refractivity contribution is 5.89. The fourth-order valence-corrected chi connectivity index (χ4v) is 1.98. The maximum Gasteiger partial charge on any atom is 0.319 e. The van der Waals surface area contributed by atoms with Crippen molar-refractivity contribution >= 4 is 11.7 Å². The van der Waals surface area contributed by atoms with Crippen LogP contribution in [0.25, 0.3) is 0 Å². The normalized spacial score (nSPS) is 22.3. The fourth-order valence-electron chi connectivity index (χ4n) is 1.98. The monoisotopic (exact) mass is 264 g/mol. The van der Waals surface area contributed by atoms with Crippen LogP contribution in [-0.4, -0.2) is 36.5 Å². The Labute approximate surface area is 113 Å². The molecule has 0 radical (unpaired) electrons. The van der Waals surface area contributed by atoms with E-state index in [4.69, 9.17) is 4.74 Å². The van der Waals surface area contributed by atoms with Crippen molar-refractivity contribution in [1.82, 2.24) is 5.32 Å². The van der Waals surface area contributed by atoms with Gasteiger partial charge in [-0.3, -0.25) is 0 Å². The predicted molar refractivity (Wildman–Crippen MR) is 73.3 cm³/mol. The van der Waals surface area contributed by atoms with E-state index < -0.39 is 5.60 Å². The number of hydrogen-bond donors (Lipinski definition) is 3. The molecule has 0 unspecified atom stereocenters. The van der Waals surface area contributed by atoms with E-state index in [0.29, 0.717) is 13.0 Å². The second-order valence-corrected chi connectivity index (χ2v) is 5.13. The minimum atomic E-state index is -0.930. The second-order valence-electron chi connectivity index (χ2n) is 5.13. The van der Waals surface area contributed by atoms with Gasteiger partial charge in [-0.1, -0.05) is 6.07 Å². The average molecular weight is 264 g/mol. The van der Waals surface area contributed by atoms with Crippen LogP contribution in [0.4, 0.5) is 10.5 Å². The van der Waals surface area contributed by atoms with E-state index in [1.165, 1.54) is 5.56 Å². The summed E-state index contributed by atoms with van der Waals surface area (Å²) in [5.74, 6) is 0. The Morgan fingerprint density at radius 3 is 2.84 bits per heavy atom. The lowest BCUT2D eigenvalue weighted by atomic mass is 10.0. The fraction of sp³-hybridized carbons (Fsp3) is 0.500. The Bertz CT molecular complexity index is 468. The molecule has 1 aromatic rings. The van der Waals surface area contributed by atoms with E-state index in [0.717, 1.165) is 11.3 Å². The molecule has 0 aromatic heterocycles. The molecule has 1 atom stereocenters. The number of benzene rings is 1. The van der Waals surface area contributed by atoms with Crippen LogP contribution < -0.4 is 10.6 Å². The number of carbonyl (C=O) groups excluding carboxylic acids is 1. The average Bonchev–Trinajstić information content (AvgIpc) is 2.79. The van der Waals surface area contributed by atoms with Gasteiger partial charge in [-0.05, 0) is 37.1 Å². The number of nitrogens with one attached hydrogen (secondary N) is 2. The Morgan fingerprint density at radius 2 is 2.21 bits per heavy atom. The van der Waals surface area contributed by atoms with Gasteiger partial charge in [-0.25, -0.2) is 4.79 Å². The summed E-state index contributed by atoms with van der Waals surface area (Å²) < 4.78 is 5.12. The van der Waals surface area contributed by atoms with E-state index in [1.54, 1.807) is 0 Å². The number of carbonyl (C=O) groups is 1. The lowest BCUT2D eigenvalue weighted by molar-refractivity contribution is 0.0295. The zero-order chi connectivity index (χ0) is 13.9. The molecule has 2 amide bonds. The summed E-state index contributed by atoms with van der Waals surface area (Å²) in [5.41, 5.74) is 2.12. The molecule has 104 valence electrons. The van der Waals surface area contributed by atoms with Gasteiger partial charge in [-0.2, -0.15) is 0 Å². The summed E-state index contributed by atoms with van der Waals surface area (Å²) in [6.45, 7) is 5.03. The molecule has 19 heavy (non-hydrogen) atoms. The number of aliphatic hydroxyl groups is 1. The molecule has 1 aromatic carbocycles. The van der Waals surface area contributed by atoms with Crippen molar-refractivity contribution in [2.24, 2.45) is 0 Å². The van der Waals surface area contributed by atoms with Gasteiger partial charge < -0.3 is 20.5 Å². The van der Waals surface area contributed by atoms with Crippen molar-refractivity contribution < 1.29 is 14.6 Å². The maximum absolute atomic E-state index is 11.7. The number of amides is 2. The van der Waals surface area contributed by atoms with Crippen LogP contribution in [0.1, 0.15) is 17.5 Å². The number of anilines is 1. The van der Waals surface area contributed by atoms with Crippen LogP contribution in [0.5, 0.6) is 0 Å². The number of urea groups is 1. The number of rotatable bonds is 3.